The lowest BCUT2D eigenvalue weighted by molar-refractivity contribution is -0.119. The maximum Gasteiger partial charge on any atom is 0.242 e. The van der Waals surface area contributed by atoms with Gasteiger partial charge in [0.1, 0.15) is 22.5 Å². The summed E-state index contributed by atoms with van der Waals surface area (Å²) in [5.41, 5.74) is 6.42. The van der Waals surface area contributed by atoms with Crippen LogP contribution in [0.5, 0.6) is 0 Å². The molecule has 102 valence electrons. The SMILES string of the molecule is COCC(Nc1nc(C)nc2scc(C)c12)C(N)=O. The first kappa shape index (κ1) is 13.7. The fraction of sp³-hybridized carbons (Fsp3) is 0.417. The van der Waals surface area contributed by atoms with Crippen molar-refractivity contribution < 1.29 is 9.53 Å². The topological polar surface area (TPSA) is 90.1 Å². The van der Waals surface area contributed by atoms with Gasteiger partial charge in [0, 0.05) is 7.11 Å². The number of ether oxygens (including phenoxy) is 1. The molecule has 0 fully saturated rings. The molecular formula is C12H16N4O2S. The molecule has 0 radical (unpaired) electrons. The van der Waals surface area contributed by atoms with Crippen molar-refractivity contribution in [1.82, 2.24) is 9.97 Å². The molecule has 0 saturated heterocycles. The van der Waals surface area contributed by atoms with E-state index in [2.05, 4.69) is 15.3 Å². The number of nitrogens with two attached hydrogens (primary N) is 1. The molecule has 1 amide bonds. The zero-order valence-corrected chi connectivity index (χ0v) is 11.9. The molecule has 19 heavy (non-hydrogen) atoms. The van der Waals surface area contributed by atoms with Gasteiger partial charge in [0.2, 0.25) is 5.91 Å². The predicted molar refractivity (Wildman–Crippen MR) is 75.4 cm³/mol. The third-order valence-corrected chi connectivity index (χ3v) is 3.71. The van der Waals surface area contributed by atoms with Crippen LogP contribution in [-0.4, -0.2) is 35.6 Å². The third-order valence-electron chi connectivity index (χ3n) is 2.72. The molecule has 0 aliphatic heterocycles. The summed E-state index contributed by atoms with van der Waals surface area (Å²) in [6.45, 7) is 4.00. The van der Waals surface area contributed by atoms with E-state index in [1.54, 1.807) is 11.3 Å². The molecule has 2 heterocycles. The Kier molecular flexibility index (Phi) is 3.96. The average Bonchev–Trinajstić information content (AvgIpc) is 2.70. The number of nitrogens with one attached hydrogen (secondary N) is 1. The number of primary amides is 1. The zero-order valence-electron chi connectivity index (χ0n) is 11.1. The van der Waals surface area contributed by atoms with Gasteiger partial charge in [-0.05, 0) is 24.8 Å². The second-order valence-electron chi connectivity index (χ2n) is 4.27. The number of methoxy groups -OCH3 is 1. The van der Waals surface area contributed by atoms with Crippen molar-refractivity contribution in [2.24, 2.45) is 5.73 Å². The molecule has 7 heteroatoms. The minimum atomic E-state index is -0.609. The maximum atomic E-state index is 11.4. The fourth-order valence-corrected chi connectivity index (χ4v) is 2.79. The van der Waals surface area contributed by atoms with Crippen molar-refractivity contribution in [3.8, 4) is 0 Å². The Morgan fingerprint density at radius 2 is 2.26 bits per heavy atom. The fourth-order valence-electron chi connectivity index (χ4n) is 1.82. The first-order chi connectivity index (χ1) is 9.02. The van der Waals surface area contributed by atoms with Crippen molar-refractivity contribution in [3.05, 3.63) is 16.8 Å². The van der Waals surface area contributed by atoms with Crippen LogP contribution in [0.25, 0.3) is 10.2 Å². The molecule has 2 rings (SSSR count). The van der Waals surface area contributed by atoms with Gasteiger partial charge in [0.15, 0.2) is 0 Å². The smallest absolute Gasteiger partial charge is 0.242 e. The lowest BCUT2D eigenvalue weighted by atomic mass is 10.2. The Balaban J connectivity index is 2.43. The predicted octanol–water partition coefficient (Wildman–Crippen LogP) is 1.22. The van der Waals surface area contributed by atoms with Crippen LogP contribution in [0.3, 0.4) is 0 Å². The largest absolute Gasteiger partial charge is 0.382 e. The average molecular weight is 280 g/mol. The number of hydrogen-bond donors (Lipinski definition) is 2. The normalized spacial score (nSPS) is 12.6. The summed E-state index contributed by atoms with van der Waals surface area (Å²) in [4.78, 5) is 21.0. The van der Waals surface area contributed by atoms with E-state index in [4.69, 9.17) is 10.5 Å². The summed E-state index contributed by atoms with van der Waals surface area (Å²) < 4.78 is 4.99. The molecule has 6 nitrogen and oxygen atoms in total. The number of fused-ring (bicyclic) bond motifs is 1. The van der Waals surface area contributed by atoms with Crippen LogP contribution >= 0.6 is 11.3 Å². The molecule has 1 unspecified atom stereocenters. The first-order valence-corrected chi connectivity index (χ1v) is 6.68. The highest BCUT2D eigenvalue weighted by Crippen LogP contribution is 2.29. The maximum absolute atomic E-state index is 11.4. The molecule has 2 aromatic rings. The zero-order chi connectivity index (χ0) is 14.0. The van der Waals surface area contributed by atoms with E-state index in [1.165, 1.54) is 7.11 Å². The van der Waals surface area contributed by atoms with Crippen molar-refractivity contribution in [3.63, 3.8) is 0 Å². The van der Waals surface area contributed by atoms with E-state index in [0.717, 1.165) is 15.8 Å². The Labute approximate surface area is 115 Å². The van der Waals surface area contributed by atoms with Crippen molar-refractivity contribution >= 4 is 33.3 Å². The Bertz CT molecular complexity index is 611. The molecule has 1 atom stereocenters. The molecule has 0 saturated carbocycles. The second kappa shape index (κ2) is 5.50. The number of amides is 1. The summed E-state index contributed by atoms with van der Waals surface area (Å²) in [5, 5.41) is 5.99. The van der Waals surface area contributed by atoms with Crippen molar-refractivity contribution in [2.75, 3.05) is 19.0 Å². The van der Waals surface area contributed by atoms with Gasteiger partial charge in [0.05, 0.1) is 12.0 Å². The van der Waals surface area contributed by atoms with E-state index in [1.807, 2.05) is 19.2 Å². The molecule has 2 aromatic heterocycles. The van der Waals surface area contributed by atoms with Crippen molar-refractivity contribution in [2.45, 2.75) is 19.9 Å². The van der Waals surface area contributed by atoms with E-state index < -0.39 is 11.9 Å². The molecule has 0 spiro atoms. The number of aromatic nitrogens is 2. The molecular weight excluding hydrogens is 264 g/mol. The summed E-state index contributed by atoms with van der Waals surface area (Å²) in [6.07, 6.45) is 0. The molecule has 0 bridgehead atoms. The summed E-state index contributed by atoms with van der Waals surface area (Å²) >= 11 is 1.55. The lowest BCUT2D eigenvalue weighted by Crippen LogP contribution is -2.39. The van der Waals surface area contributed by atoms with Crippen LogP contribution in [0.4, 0.5) is 5.82 Å². The van der Waals surface area contributed by atoms with Gasteiger partial charge in [-0.1, -0.05) is 0 Å². The minimum absolute atomic E-state index is 0.197. The Morgan fingerprint density at radius 1 is 1.53 bits per heavy atom. The monoisotopic (exact) mass is 280 g/mol. The Hall–Kier alpha value is -1.73. The molecule has 0 aliphatic rings. The summed E-state index contributed by atoms with van der Waals surface area (Å²) in [6, 6.07) is -0.609. The number of thiophene rings is 1. The van der Waals surface area contributed by atoms with Gasteiger partial charge < -0.3 is 15.8 Å². The Morgan fingerprint density at radius 3 is 2.89 bits per heavy atom. The van der Waals surface area contributed by atoms with Gasteiger partial charge in [-0.25, -0.2) is 9.97 Å². The number of carbonyl (C=O) groups is 1. The van der Waals surface area contributed by atoms with Crippen LogP contribution in [0.2, 0.25) is 0 Å². The van der Waals surface area contributed by atoms with Gasteiger partial charge >= 0.3 is 0 Å². The molecule has 0 aromatic carbocycles. The van der Waals surface area contributed by atoms with Gasteiger partial charge in [-0.2, -0.15) is 0 Å². The van der Waals surface area contributed by atoms with Gasteiger partial charge in [-0.3, -0.25) is 4.79 Å². The van der Waals surface area contributed by atoms with E-state index >= 15 is 0 Å². The minimum Gasteiger partial charge on any atom is -0.382 e. The van der Waals surface area contributed by atoms with E-state index in [9.17, 15) is 4.79 Å². The van der Waals surface area contributed by atoms with Gasteiger partial charge in [-0.15, -0.1) is 11.3 Å². The standard InChI is InChI=1S/C12H16N4O2S/c1-6-5-19-12-9(6)11(14-7(2)15-12)16-8(4-18-3)10(13)17/h5,8H,4H2,1-3H3,(H2,13,17)(H,14,15,16). The number of anilines is 1. The van der Waals surface area contributed by atoms with E-state index in [-0.39, 0.29) is 6.61 Å². The van der Waals surface area contributed by atoms with Crippen LogP contribution in [0, 0.1) is 13.8 Å². The van der Waals surface area contributed by atoms with Crippen LogP contribution in [0.15, 0.2) is 5.38 Å². The number of aryl methyl sites for hydroxylation is 2. The summed E-state index contributed by atoms with van der Waals surface area (Å²) in [5.74, 6) is 0.804. The van der Waals surface area contributed by atoms with Gasteiger partial charge in [0.25, 0.3) is 0 Å². The number of hydrogen-bond acceptors (Lipinski definition) is 6. The first-order valence-electron chi connectivity index (χ1n) is 5.80. The highest BCUT2D eigenvalue weighted by Gasteiger charge is 2.18. The van der Waals surface area contributed by atoms with E-state index in [0.29, 0.717) is 11.6 Å². The molecule has 3 N–H and O–H groups in total. The number of nitrogens with zero attached hydrogens (tertiary/aromatic N) is 2. The number of rotatable bonds is 5. The quantitative estimate of drug-likeness (QED) is 0.859. The van der Waals surface area contributed by atoms with Crippen LogP contribution in [-0.2, 0) is 9.53 Å². The van der Waals surface area contributed by atoms with Crippen LogP contribution in [0.1, 0.15) is 11.4 Å². The lowest BCUT2D eigenvalue weighted by Gasteiger charge is -2.16. The third kappa shape index (κ3) is 2.82. The van der Waals surface area contributed by atoms with Crippen LogP contribution < -0.4 is 11.1 Å². The summed E-state index contributed by atoms with van der Waals surface area (Å²) in [7, 11) is 1.52. The number of carbonyl (C=O) groups excluding carboxylic acids is 1. The second-order valence-corrected chi connectivity index (χ2v) is 5.13. The van der Waals surface area contributed by atoms with Crippen molar-refractivity contribution in [1.29, 1.82) is 0 Å². The highest BCUT2D eigenvalue weighted by molar-refractivity contribution is 7.17. The molecule has 0 aliphatic carbocycles. The highest BCUT2D eigenvalue weighted by atomic mass is 32.1.